The summed E-state index contributed by atoms with van der Waals surface area (Å²) in [6, 6.07) is 20.4. The molecule has 7 heteroatoms. The van der Waals surface area contributed by atoms with Crippen LogP contribution in [0.15, 0.2) is 79.0 Å². The van der Waals surface area contributed by atoms with Crippen molar-refractivity contribution in [1.29, 1.82) is 0 Å². The van der Waals surface area contributed by atoms with Crippen molar-refractivity contribution in [2.45, 2.75) is 57.7 Å². The van der Waals surface area contributed by atoms with Crippen LogP contribution in [0.25, 0.3) is 6.08 Å². The number of carbonyl (C=O) groups is 2. The smallest absolute Gasteiger partial charge is 0.247 e. The number of benzene rings is 2. The maximum Gasteiger partial charge on any atom is 0.247 e. The standard InChI is InChI=1S/C33H40FN3O3/c1-40-23-9-22-36(32(38)20-17-27-10-4-2-5-11-27)26-33(39)37(30-12-6-3-7-13-30)25-31-14-8-21-35(31)24-28-15-18-29(34)19-16-28/h2,4-5,8,10-11,14-21,30H,3,6-7,9,12-13,22-26H2,1H3/b20-17+. The van der Waals surface area contributed by atoms with Crippen LogP contribution in [0.3, 0.4) is 0 Å². The third-order valence-corrected chi connectivity index (χ3v) is 7.49. The Balaban J connectivity index is 1.51. The molecule has 1 aromatic heterocycles. The highest BCUT2D eigenvalue weighted by Gasteiger charge is 2.28. The van der Waals surface area contributed by atoms with E-state index in [2.05, 4.69) is 4.57 Å². The van der Waals surface area contributed by atoms with Crippen molar-refractivity contribution < 1.29 is 18.7 Å². The third kappa shape index (κ3) is 8.65. The summed E-state index contributed by atoms with van der Waals surface area (Å²) in [6.45, 7) is 2.05. The lowest BCUT2D eigenvalue weighted by atomic mass is 9.94. The van der Waals surface area contributed by atoms with E-state index in [0.29, 0.717) is 32.7 Å². The predicted octanol–water partition coefficient (Wildman–Crippen LogP) is 5.92. The first-order valence-electron chi connectivity index (χ1n) is 14.2. The fraction of sp³-hybridized carbons (Fsp3) is 0.394. The summed E-state index contributed by atoms with van der Waals surface area (Å²) in [5.74, 6) is -0.481. The predicted molar refractivity (Wildman–Crippen MR) is 156 cm³/mol. The number of amides is 2. The normalized spacial score (nSPS) is 13.9. The molecule has 0 saturated heterocycles. The molecule has 1 aliphatic carbocycles. The molecule has 1 fully saturated rings. The largest absolute Gasteiger partial charge is 0.385 e. The summed E-state index contributed by atoms with van der Waals surface area (Å²) in [7, 11) is 1.64. The zero-order valence-corrected chi connectivity index (χ0v) is 23.4. The second kappa shape index (κ2) is 15.2. The number of hydrogen-bond donors (Lipinski definition) is 0. The average Bonchev–Trinajstić information content (AvgIpc) is 3.42. The maximum atomic E-state index is 13.9. The minimum atomic E-state index is -0.256. The van der Waals surface area contributed by atoms with Gasteiger partial charge in [0, 0.05) is 50.8 Å². The summed E-state index contributed by atoms with van der Waals surface area (Å²) in [4.78, 5) is 30.8. The molecular weight excluding hydrogens is 505 g/mol. The van der Waals surface area contributed by atoms with Gasteiger partial charge >= 0.3 is 0 Å². The van der Waals surface area contributed by atoms with Gasteiger partial charge in [-0.1, -0.05) is 61.7 Å². The molecule has 6 nitrogen and oxygen atoms in total. The molecule has 1 aliphatic rings. The first-order valence-corrected chi connectivity index (χ1v) is 14.2. The molecule has 0 aliphatic heterocycles. The zero-order chi connectivity index (χ0) is 28.2. The van der Waals surface area contributed by atoms with Gasteiger partial charge in [-0.25, -0.2) is 4.39 Å². The van der Waals surface area contributed by atoms with Gasteiger partial charge in [-0.15, -0.1) is 0 Å². The van der Waals surface area contributed by atoms with Crippen LogP contribution in [-0.4, -0.2) is 59.0 Å². The number of nitrogens with zero attached hydrogens (tertiary/aromatic N) is 3. The topological polar surface area (TPSA) is 54.8 Å². The van der Waals surface area contributed by atoms with E-state index in [-0.39, 0.29) is 30.2 Å². The number of aromatic nitrogens is 1. The average molecular weight is 546 g/mol. The molecule has 3 aromatic rings. The molecular formula is C33H40FN3O3. The minimum absolute atomic E-state index is 0.0247. The molecule has 0 bridgehead atoms. The fourth-order valence-electron chi connectivity index (χ4n) is 5.28. The molecule has 0 N–H and O–H groups in total. The van der Waals surface area contributed by atoms with Gasteiger partial charge in [0.25, 0.3) is 0 Å². The van der Waals surface area contributed by atoms with E-state index in [1.807, 2.05) is 53.6 Å². The van der Waals surface area contributed by atoms with Gasteiger partial charge in [-0.05, 0) is 60.7 Å². The van der Waals surface area contributed by atoms with Crippen molar-refractivity contribution in [1.82, 2.24) is 14.4 Å². The number of rotatable bonds is 13. The molecule has 1 heterocycles. The van der Waals surface area contributed by atoms with Crippen molar-refractivity contribution >= 4 is 17.9 Å². The van der Waals surface area contributed by atoms with E-state index in [4.69, 9.17) is 4.74 Å². The van der Waals surface area contributed by atoms with E-state index in [1.54, 1.807) is 36.3 Å². The quantitative estimate of drug-likeness (QED) is 0.198. The van der Waals surface area contributed by atoms with Crippen LogP contribution < -0.4 is 0 Å². The Morgan fingerprint density at radius 1 is 1.00 bits per heavy atom. The minimum Gasteiger partial charge on any atom is -0.385 e. The number of ether oxygens (including phenoxy) is 1. The summed E-state index contributed by atoms with van der Waals surface area (Å²) in [6.07, 6.45) is 11.3. The molecule has 1 saturated carbocycles. The highest BCUT2D eigenvalue weighted by molar-refractivity contribution is 5.94. The third-order valence-electron chi connectivity index (χ3n) is 7.49. The number of carbonyl (C=O) groups excluding carboxylic acids is 2. The molecule has 212 valence electrons. The number of hydrogen-bond acceptors (Lipinski definition) is 3. The number of methoxy groups -OCH3 is 1. The summed E-state index contributed by atoms with van der Waals surface area (Å²) < 4.78 is 20.7. The van der Waals surface area contributed by atoms with Gasteiger partial charge in [0.1, 0.15) is 12.4 Å². The first kappa shape index (κ1) is 29.3. The Morgan fingerprint density at radius 3 is 2.48 bits per heavy atom. The van der Waals surface area contributed by atoms with Gasteiger partial charge in [0.05, 0.1) is 6.54 Å². The Morgan fingerprint density at radius 2 is 1.75 bits per heavy atom. The van der Waals surface area contributed by atoms with E-state index in [0.717, 1.165) is 42.5 Å². The molecule has 4 rings (SSSR count). The van der Waals surface area contributed by atoms with Crippen molar-refractivity contribution in [3.05, 3.63) is 102 Å². The van der Waals surface area contributed by atoms with E-state index >= 15 is 0 Å². The Hall–Kier alpha value is -3.71. The fourth-order valence-corrected chi connectivity index (χ4v) is 5.28. The molecule has 0 spiro atoms. The molecule has 0 radical (unpaired) electrons. The lowest BCUT2D eigenvalue weighted by Crippen LogP contribution is -2.47. The first-order chi connectivity index (χ1) is 19.5. The Labute approximate surface area is 237 Å². The highest BCUT2D eigenvalue weighted by atomic mass is 19.1. The van der Waals surface area contributed by atoms with Crippen LogP contribution in [0.4, 0.5) is 4.39 Å². The Bertz CT molecular complexity index is 1230. The van der Waals surface area contributed by atoms with Crippen LogP contribution in [0.2, 0.25) is 0 Å². The molecule has 0 atom stereocenters. The molecule has 40 heavy (non-hydrogen) atoms. The van der Waals surface area contributed by atoms with Crippen LogP contribution in [0, 0.1) is 5.82 Å². The van der Waals surface area contributed by atoms with Crippen molar-refractivity contribution in [2.75, 3.05) is 26.8 Å². The summed E-state index contributed by atoms with van der Waals surface area (Å²) in [5, 5.41) is 0. The SMILES string of the molecule is COCCCN(CC(=O)N(Cc1cccn1Cc1ccc(F)cc1)C1CCCCC1)C(=O)/C=C/c1ccccc1. The van der Waals surface area contributed by atoms with E-state index in [1.165, 1.54) is 18.6 Å². The van der Waals surface area contributed by atoms with Crippen molar-refractivity contribution in [3.8, 4) is 0 Å². The van der Waals surface area contributed by atoms with Crippen molar-refractivity contribution in [2.24, 2.45) is 0 Å². The summed E-state index contributed by atoms with van der Waals surface area (Å²) in [5.41, 5.74) is 2.95. The van der Waals surface area contributed by atoms with Gasteiger partial charge in [-0.3, -0.25) is 9.59 Å². The highest BCUT2D eigenvalue weighted by Crippen LogP contribution is 2.25. The van der Waals surface area contributed by atoms with Crippen molar-refractivity contribution in [3.63, 3.8) is 0 Å². The number of halogens is 1. The summed E-state index contributed by atoms with van der Waals surface area (Å²) >= 11 is 0. The lowest BCUT2D eigenvalue weighted by Gasteiger charge is -2.36. The van der Waals surface area contributed by atoms with Crippen LogP contribution in [0.1, 0.15) is 55.3 Å². The monoisotopic (exact) mass is 545 g/mol. The Kier molecular flexibility index (Phi) is 11.1. The maximum absolute atomic E-state index is 13.9. The molecule has 0 unspecified atom stereocenters. The lowest BCUT2D eigenvalue weighted by molar-refractivity contribution is -0.141. The van der Waals surface area contributed by atoms with E-state index in [9.17, 15) is 14.0 Å². The van der Waals surface area contributed by atoms with Gasteiger partial charge in [0.15, 0.2) is 0 Å². The zero-order valence-electron chi connectivity index (χ0n) is 23.4. The second-order valence-corrected chi connectivity index (χ2v) is 10.4. The van der Waals surface area contributed by atoms with Crippen LogP contribution in [0.5, 0.6) is 0 Å². The second-order valence-electron chi connectivity index (χ2n) is 10.4. The van der Waals surface area contributed by atoms with Crippen LogP contribution >= 0.6 is 0 Å². The van der Waals surface area contributed by atoms with Gasteiger partial charge in [0.2, 0.25) is 11.8 Å². The van der Waals surface area contributed by atoms with Gasteiger partial charge in [-0.2, -0.15) is 0 Å². The van der Waals surface area contributed by atoms with Crippen LogP contribution in [-0.2, 0) is 27.4 Å². The van der Waals surface area contributed by atoms with E-state index < -0.39 is 0 Å². The van der Waals surface area contributed by atoms with Gasteiger partial charge < -0.3 is 19.1 Å². The molecule has 2 aromatic carbocycles. The molecule has 2 amide bonds.